The lowest BCUT2D eigenvalue weighted by atomic mass is 9.75. The van der Waals surface area contributed by atoms with Gasteiger partial charge in [0.2, 0.25) is 0 Å². The van der Waals surface area contributed by atoms with E-state index in [1.807, 2.05) is 12.1 Å². The summed E-state index contributed by atoms with van der Waals surface area (Å²) in [4.78, 5) is 0. The highest BCUT2D eigenvalue weighted by atomic mass is 79.9. The van der Waals surface area contributed by atoms with E-state index in [9.17, 15) is 0 Å². The Labute approximate surface area is 123 Å². The summed E-state index contributed by atoms with van der Waals surface area (Å²) >= 11 is 9.65. The maximum absolute atomic E-state index is 6.22. The molecule has 0 bridgehead atoms. The van der Waals surface area contributed by atoms with Crippen molar-refractivity contribution >= 4 is 27.5 Å². The Kier molecular flexibility index (Phi) is 4.74. The van der Waals surface area contributed by atoms with Gasteiger partial charge in [0.05, 0.1) is 0 Å². The van der Waals surface area contributed by atoms with Crippen LogP contribution in [0, 0.1) is 5.41 Å². The van der Waals surface area contributed by atoms with Crippen LogP contribution in [-0.4, -0.2) is 6.04 Å². The van der Waals surface area contributed by atoms with Crippen molar-refractivity contribution in [2.24, 2.45) is 5.41 Å². The summed E-state index contributed by atoms with van der Waals surface area (Å²) in [6.07, 6.45) is 5.19. The molecule has 0 spiro atoms. The molecule has 0 amide bonds. The Morgan fingerprint density at radius 3 is 2.61 bits per heavy atom. The molecule has 3 heteroatoms. The van der Waals surface area contributed by atoms with Gasteiger partial charge in [-0.2, -0.15) is 0 Å². The van der Waals surface area contributed by atoms with Gasteiger partial charge >= 0.3 is 0 Å². The first kappa shape index (κ1) is 14.4. The predicted octanol–water partition coefficient (Wildman–Crippen LogP) is 5.16. The van der Waals surface area contributed by atoms with Crippen LogP contribution >= 0.6 is 27.5 Å². The fourth-order valence-electron chi connectivity index (χ4n) is 2.52. The van der Waals surface area contributed by atoms with E-state index in [0.717, 1.165) is 16.0 Å². The van der Waals surface area contributed by atoms with Crippen molar-refractivity contribution in [3.8, 4) is 0 Å². The SMILES string of the molecule is CC1(C)CCC(NCc2ccc(Br)cc2Cl)CC1. The first-order chi connectivity index (χ1) is 8.46. The van der Waals surface area contributed by atoms with Crippen molar-refractivity contribution in [1.29, 1.82) is 0 Å². The zero-order chi connectivity index (χ0) is 13.2. The minimum absolute atomic E-state index is 0.535. The second-order valence-corrected chi connectivity index (χ2v) is 7.38. The van der Waals surface area contributed by atoms with Crippen molar-refractivity contribution in [1.82, 2.24) is 5.32 Å². The third-order valence-electron chi connectivity index (χ3n) is 3.94. The molecule has 18 heavy (non-hydrogen) atoms. The lowest BCUT2D eigenvalue weighted by Crippen LogP contribution is -2.35. The van der Waals surface area contributed by atoms with Gasteiger partial charge in [-0.25, -0.2) is 0 Å². The summed E-state index contributed by atoms with van der Waals surface area (Å²) in [6, 6.07) is 6.75. The van der Waals surface area contributed by atoms with Gasteiger partial charge in [0, 0.05) is 22.1 Å². The molecule has 1 aliphatic rings. The fraction of sp³-hybridized carbons (Fsp3) is 0.600. The van der Waals surface area contributed by atoms with E-state index in [1.54, 1.807) is 0 Å². The van der Waals surface area contributed by atoms with Crippen molar-refractivity contribution < 1.29 is 0 Å². The van der Waals surface area contributed by atoms with E-state index >= 15 is 0 Å². The van der Waals surface area contributed by atoms with Gasteiger partial charge in [-0.15, -0.1) is 0 Å². The summed E-state index contributed by atoms with van der Waals surface area (Å²) in [5.41, 5.74) is 1.72. The van der Waals surface area contributed by atoms with Crippen LogP contribution in [0.25, 0.3) is 0 Å². The quantitative estimate of drug-likeness (QED) is 0.807. The number of hydrogen-bond donors (Lipinski definition) is 1. The van der Waals surface area contributed by atoms with Gasteiger partial charge in [-0.3, -0.25) is 0 Å². The monoisotopic (exact) mass is 329 g/mol. The summed E-state index contributed by atoms with van der Waals surface area (Å²) < 4.78 is 1.04. The van der Waals surface area contributed by atoms with Crippen molar-refractivity contribution in [3.63, 3.8) is 0 Å². The summed E-state index contributed by atoms with van der Waals surface area (Å²) in [7, 11) is 0. The largest absolute Gasteiger partial charge is 0.310 e. The molecular formula is C15H21BrClN. The molecule has 1 N–H and O–H groups in total. The summed E-state index contributed by atoms with van der Waals surface area (Å²) in [5, 5.41) is 4.48. The minimum atomic E-state index is 0.535. The standard InChI is InChI=1S/C15H21BrClN/c1-15(2)7-5-13(6-8-15)18-10-11-3-4-12(16)9-14(11)17/h3-4,9,13,18H,5-8,10H2,1-2H3. The molecule has 1 saturated carbocycles. The molecule has 1 nitrogen and oxygen atoms in total. The number of halogens is 2. The van der Waals surface area contributed by atoms with Crippen LogP contribution in [0.1, 0.15) is 45.1 Å². The molecule has 1 aliphatic carbocycles. The van der Waals surface area contributed by atoms with E-state index in [-0.39, 0.29) is 0 Å². The smallest absolute Gasteiger partial charge is 0.0462 e. The number of hydrogen-bond acceptors (Lipinski definition) is 1. The molecule has 2 rings (SSSR count). The lowest BCUT2D eigenvalue weighted by Gasteiger charge is -2.34. The highest BCUT2D eigenvalue weighted by Gasteiger charge is 2.26. The highest BCUT2D eigenvalue weighted by Crippen LogP contribution is 2.35. The van der Waals surface area contributed by atoms with Crippen LogP contribution in [0.4, 0.5) is 0 Å². The van der Waals surface area contributed by atoms with Crippen LogP contribution in [0.15, 0.2) is 22.7 Å². The lowest BCUT2D eigenvalue weighted by molar-refractivity contribution is 0.206. The van der Waals surface area contributed by atoms with E-state index < -0.39 is 0 Å². The summed E-state index contributed by atoms with van der Waals surface area (Å²) in [6.45, 7) is 5.61. The Balaban J connectivity index is 1.85. The van der Waals surface area contributed by atoms with E-state index in [1.165, 1.54) is 31.2 Å². The normalized spacial score (nSPS) is 20.0. The third-order valence-corrected chi connectivity index (χ3v) is 4.78. The second-order valence-electron chi connectivity index (χ2n) is 6.06. The molecule has 100 valence electrons. The molecule has 0 unspecified atom stereocenters. The first-order valence-electron chi connectivity index (χ1n) is 6.64. The highest BCUT2D eigenvalue weighted by molar-refractivity contribution is 9.10. The first-order valence-corrected chi connectivity index (χ1v) is 7.81. The topological polar surface area (TPSA) is 12.0 Å². The van der Waals surface area contributed by atoms with Crippen LogP contribution < -0.4 is 5.32 Å². The van der Waals surface area contributed by atoms with Crippen molar-refractivity contribution in [2.45, 2.75) is 52.1 Å². The molecule has 1 aromatic rings. The molecular weight excluding hydrogens is 310 g/mol. The average molecular weight is 331 g/mol. The fourth-order valence-corrected chi connectivity index (χ4v) is 3.26. The van der Waals surface area contributed by atoms with Crippen molar-refractivity contribution in [2.75, 3.05) is 0 Å². The minimum Gasteiger partial charge on any atom is -0.310 e. The molecule has 0 aliphatic heterocycles. The molecule has 0 aromatic heterocycles. The van der Waals surface area contributed by atoms with Gasteiger partial charge in [-0.05, 0) is 48.8 Å². The number of rotatable bonds is 3. The zero-order valence-electron chi connectivity index (χ0n) is 11.1. The molecule has 0 radical (unpaired) electrons. The van der Waals surface area contributed by atoms with Gasteiger partial charge in [0.1, 0.15) is 0 Å². The van der Waals surface area contributed by atoms with Crippen LogP contribution in [0.5, 0.6) is 0 Å². The Hall–Kier alpha value is -0.0500. The van der Waals surface area contributed by atoms with Crippen LogP contribution in [0.2, 0.25) is 5.02 Å². The van der Waals surface area contributed by atoms with E-state index in [4.69, 9.17) is 11.6 Å². The van der Waals surface area contributed by atoms with E-state index in [2.05, 4.69) is 41.2 Å². The number of benzene rings is 1. The molecule has 0 atom stereocenters. The molecule has 0 heterocycles. The van der Waals surface area contributed by atoms with Crippen LogP contribution in [0.3, 0.4) is 0 Å². The van der Waals surface area contributed by atoms with E-state index in [0.29, 0.717) is 11.5 Å². The zero-order valence-corrected chi connectivity index (χ0v) is 13.4. The molecule has 1 aromatic carbocycles. The van der Waals surface area contributed by atoms with Gasteiger partial charge in [0.25, 0.3) is 0 Å². The second kappa shape index (κ2) is 5.94. The maximum Gasteiger partial charge on any atom is 0.0462 e. The van der Waals surface area contributed by atoms with Gasteiger partial charge in [-0.1, -0.05) is 47.4 Å². The Morgan fingerprint density at radius 2 is 2.00 bits per heavy atom. The van der Waals surface area contributed by atoms with Gasteiger partial charge in [0.15, 0.2) is 0 Å². The van der Waals surface area contributed by atoms with Gasteiger partial charge < -0.3 is 5.32 Å². The number of nitrogens with one attached hydrogen (secondary N) is 1. The van der Waals surface area contributed by atoms with Crippen LogP contribution in [-0.2, 0) is 6.54 Å². The predicted molar refractivity (Wildman–Crippen MR) is 82.0 cm³/mol. The Bertz CT molecular complexity index is 407. The van der Waals surface area contributed by atoms with Crippen molar-refractivity contribution in [3.05, 3.63) is 33.3 Å². The maximum atomic E-state index is 6.22. The molecule has 1 fully saturated rings. The third kappa shape index (κ3) is 3.97. The molecule has 0 saturated heterocycles. The summed E-state index contributed by atoms with van der Waals surface area (Å²) in [5.74, 6) is 0. The average Bonchev–Trinajstić information content (AvgIpc) is 2.29. The Morgan fingerprint density at radius 1 is 1.33 bits per heavy atom.